The third-order valence-electron chi connectivity index (χ3n) is 4.85. The molecule has 0 amide bonds. The van der Waals surface area contributed by atoms with Crippen LogP contribution >= 0.6 is 0 Å². The fourth-order valence-corrected chi connectivity index (χ4v) is 3.42. The Morgan fingerprint density at radius 3 is 2.84 bits per heavy atom. The van der Waals surface area contributed by atoms with Gasteiger partial charge in [0.15, 0.2) is 11.5 Å². The SMILES string of the molecule is CCC[C@H](C)Oc1nc(N)c2[nH]c(=O)n(CCC3CCNCC3)c2n1. The Labute approximate surface area is 147 Å². The van der Waals surface area contributed by atoms with Gasteiger partial charge in [-0.05, 0) is 51.6 Å². The number of hydrogen-bond acceptors (Lipinski definition) is 6. The molecule has 4 N–H and O–H groups in total. The minimum Gasteiger partial charge on any atom is -0.460 e. The van der Waals surface area contributed by atoms with Gasteiger partial charge < -0.3 is 20.8 Å². The number of rotatable bonds is 7. The molecule has 138 valence electrons. The van der Waals surface area contributed by atoms with Crippen molar-refractivity contribution in [1.29, 1.82) is 0 Å². The Morgan fingerprint density at radius 2 is 2.12 bits per heavy atom. The average Bonchev–Trinajstić information content (AvgIpc) is 2.90. The maximum absolute atomic E-state index is 12.3. The van der Waals surface area contributed by atoms with Crippen molar-refractivity contribution in [2.24, 2.45) is 5.92 Å². The van der Waals surface area contributed by atoms with E-state index in [9.17, 15) is 4.79 Å². The van der Waals surface area contributed by atoms with Gasteiger partial charge in [0.1, 0.15) is 5.52 Å². The molecule has 1 atom stereocenters. The van der Waals surface area contributed by atoms with Crippen molar-refractivity contribution in [3.8, 4) is 6.01 Å². The largest absolute Gasteiger partial charge is 0.460 e. The zero-order valence-corrected chi connectivity index (χ0v) is 15.0. The molecule has 1 fully saturated rings. The van der Waals surface area contributed by atoms with E-state index in [2.05, 4.69) is 27.2 Å². The number of nitrogens with one attached hydrogen (secondary N) is 2. The van der Waals surface area contributed by atoms with E-state index in [1.54, 1.807) is 4.57 Å². The van der Waals surface area contributed by atoms with Crippen LogP contribution in [0.25, 0.3) is 11.2 Å². The van der Waals surface area contributed by atoms with E-state index in [1.165, 1.54) is 0 Å². The lowest BCUT2D eigenvalue weighted by Crippen LogP contribution is -2.29. The molecule has 8 heteroatoms. The quantitative estimate of drug-likeness (QED) is 0.702. The van der Waals surface area contributed by atoms with Gasteiger partial charge in [0.2, 0.25) is 0 Å². The van der Waals surface area contributed by atoms with Crippen LogP contribution in [0.15, 0.2) is 4.79 Å². The number of piperidine rings is 1. The zero-order chi connectivity index (χ0) is 17.8. The lowest BCUT2D eigenvalue weighted by Gasteiger charge is -2.22. The molecule has 8 nitrogen and oxygen atoms in total. The summed E-state index contributed by atoms with van der Waals surface area (Å²) in [5.74, 6) is 0.888. The number of imidazole rings is 1. The molecular formula is C17H28N6O2. The van der Waals surface area contributed by atoms with Crippen molar-refractivity contribution < 1.29 is 4.74 Å². The van der Waals surface area contributed by atoms with Gasteiger partial charge in [-0.3, -0.25) is 4.57 Å². The highest BCUT2D eigenvalue weighted by atomic mass is 16.5. The smallest absolute Gasteiger partial charge is 0.327 e. The van der Waals surface area contributed by atoms with Crippen LogP contribution in [0.5, 0.6) is 6.01 Å². The average molecular weight is 348 g/mol. The molecule has 0 spiro atoms. The topological polar surface area (TPSA) is 111 Å². The molecule has 0 bridgehead atoms. The molecule has 1 aliphatic rings. The third kappa shape index (κ3) is 4.12. The minimum atomic E-state index is -0.191. The Morgan fingerprint density at radius 1 is 1.36 bits per heavy atom. The predicted octanol–water partition coefficient (Wildman–Crippen LogP) is 1.66. The summed E-state index contributed by atoms with van der Waals surface area (Å²) in [7, 11) is 0. The zero-order valence-electron chi connectivity index (χ0n) is 15.0. The van der Waals surface area contributed by atoms with Crippen molar-refractivity contribution in [2.45, 2.75) is 58.6 Å². The first-order valence-corrected chi connectivity index (χ1v) is 9.22. The van der Waals surface area contributed by atoms with Gasteiger partial charge >= 0.3 is 11.7 Å². The maximum atomic E-state index is 12.3. The Balaban J connectivity index is 1.82. The summed E-state index contributed by atoms with van der Waals surface area (Å²) in [5.41, 5.74) is 6.84. The van der Waals surface area contributed by atoms with Crippen LogP contribution in [0.3, 0.4) is 0 Å². The second-order valence-electron chi connectivity index (χ2n) is 6.87. The first kappa shape index (κ1) is 17.7. The molecule has 2 aromatic rings. The summed E-state index contributed by atoms with van der Waals surface area (Å²) < 4.78 is 7.42. The number of aromatic amines is 1. The molecule has 25 heavy (non-hydrogen) atoms. The normalized spacial score (nSPS) is 17.0. The highest BCUT2D eigenvalue weighted by molar-refractivity contribution is 5.81. The van der Waals surface area contributed by atoms with E-state index in [0.717, 1.165) is 45.2 Å². The summed E-state index contributed by atoms with van der Waals surface area (Å²) in [6, 6.07) is 0.237. The monoisotopic (exact) mass is 348 g/mol. The van der Waals surface area contributed by atoms with Crippen molar-refractivity contribution in [3.05, 3.63) is 10.5 Å². The number of aryl methyl sites for hydroxylation is 1. The van der Waals surface area contributed by atoms with E-state index in [4.69, 9.17) is 10.5 Å². The van der Waals surface area contributed by atoms with Gasteiger partial charge in [0.25, 0.3) is 0 Å². The molecular weight excluding hydrogens is 320 g/mol. The summed E-state index contributed by atoms with van der Waals surface area (Å²) in [6.07, 6.45) is 5.20. The molecule has 1 saturated heterocycles. The number of nitrogens with zero attached hydrogens (tertiary/aromatic N) is 3. The molecule has 0 saturated carbocycles. The van der Waals surface area contributed by atoms with E-state index in [0.29, 0.717) is 23.6 Å². The van der Waals surface area contributed by atoms with E-state index >= 15 is 0 Å². The maximum Gasteiger partial charge on any atom is 0.327 e. The van der Waals surface area contributed by atoms with Gasteiger partial charge in [-0.1, -0.05) is 13.3 Å². The Bertz CT molecular complexity index is 762. The number of fused-ring (bicyclic) bond motifs is 1. The van der Waals surface area contributed by atoms with Gasteiger partial charge in [-0.2, -0.15) is 9.97 Å². The molecule has 2 aromatic heterocycles. The summed E-state index contributed by atoms with van der Waals surface area (Å²) in [6.45, 7) is 6.81. The molecule has 3 rings (SSSR count). The lowest BCUT2D eigenvalue weighted by atomic mass is 9.95. The number of nitrogens with two attached hydrogens (primary N) is 1. The number of H-pyrrole nitrogens is 1. The third-order valence-corrected chi connectivity index (χ3v) is 4.85. The van der Waals surface area contributed by atoms with Crippen LogP contribution in [0, 0.1) is 5.92 Å². The van der Waals surface area contributed by atoms with Crippen LogP contribution in [0.2, 0.25) is 0 Å². The minimum absolute atomic E-state index is 0.00991. The predicted molar refractivity (Wildman–Crippen MR) is 97.8 cm³/mol. The number of ether oxygens (including phenoxy) is 1. The number of anilines is 1. The molecule has 3 heterocycles. The number of nitrogen functional groups attached to an aromatic ring is 1. The van der Waals surface area contributed by atoms with Crippen molar-refractivity contribution in [2.75, 3.05) is 18.8 Å². The van der Waals surface area contributed by atoms with Crippen LogP contribution in [0.4, 0.5) is 5.82 Å². The van der Waals surface area contributed by atoms with Crippen LogP contribution in [-0.2, 0) is 6.54 Å². The van der Waals surface area contributed by atoms with E-state index < -0.39 is 0 Å². The first-order valence-electron chi connectivity index (χ1n) is 9.22. The first-order chi connectivity index (χ1) is 12.1. The highest BCUT2D eigenvalue weighted by Gasteiger charge is 2.18. The van der Waals surface area contributed by atoms with Crippen LogP contribution in [0.1, 0.15) is 46.0 Å². The van der Waals surface area contributed by atoms with E-state index in [-0.39, 0.29) is 23.6 Å². The molecule has 0 radical (unpaired) electrons. The lowest BCUT2D eigenvalue weighted by molar-refractivity contribution is 0.193. The Kier molecular flexibility index (Phi) is 5.57. The van der Waals surface area contributed by atoms with Crippen LogP contribution in [-0.4, -0.2) is 38.7 Å². The van der Waals surface area contributed by atoms with Gasteiger partial charge in [-0.15, -0.1) is 0 Å². The number of hydrogen-bond donors (Lipinski definition) is 3. The molecule has 0 aromatic carbocycles. The van der Waals surface area contributed by atoms with Gasteiger partial charge in [-0.25, -0.2) is 4.79 Å². The molecule has 0 aliphatic carbocycles. The van der Waals surface area contributed by atoms with Gasteiger partial charge in [0.05, 0.1) is 6.10 Å². The fourth-order valence-electron chi connectivity index (χ4n) is 3.42. The summed E-state index contributed by atoms with van der Waals surface area (Å²) in [4.78, 5) is 23.7. The standard InChI is InChI=1S/C17H28N6O2/c1-3-4-11(2)25-16-21-14(18)13-15(22-16)23(17(24)20-13)10-7-12-5-8-19-9-6-12/h11-12,19H,3-10H2,1-2H3,(H,20,24)(H2,18,21,22)/t11-/m0/s1. The van der Waals surface area contributed by atoms with E-state index in [1.807, 2.05) is 6.92 Å². The second-order valence-corrected chi connectivity index (χ2v) is 6.87. The molecule has 0 unspecified atom stereocenters. The van der Waals surface area contributed by atoms with Crippen molar-refractivity contribution in [1.82, 2.24) is 24.8 Å². The van der Waals surface area contributed by atoms with Crippen molar-refractivity contribution in [3.63, 3.8) is 0 Å². The highest BCUT2D eigenvalue weighted by Crippen LogP contribution is 2.21. The number of aromatic nitrogens is 4. The fraction of sp³-hybridized carbons (Fsp3) is 0.706. The van der Waals surface area contributed by atoms with Crippen LogP contribution < -0.4 is 21.5 Å². The summed E-state index contributed by atoms with van der Waals surface area (Å²) in [5, 5.41) is 3.36. The molecule has 1 aliphatic heterocycles. The summed E-state index contributed by atoms with van der Waals surface area (Å²) >= 11 is 0. The van der Waals surface area contributed by atoms with Gasteiger partial charge in [0, 0.05) is 6.54 Å². The van der Waals surface area contributed by atoms with Crippen molar-refractivity contribution >= 4 is 17.0 Å². The Hall–Kier alpha value is -2.09. The second kappa shape index (κ2) is 7.86.